The number of hydrogen-bond acceptors (Lipinski definition) is 5. The third-order valence-electron chi connectivity index (χ3n) is 4.82. The summed E-state index contributed by atoms with van der Waals surface area (Å²) in [5.74, 6) is 0.476. The molecule has 2 heterocycles. The first-order chi connectivity index (χ1) is 13.7. The number of carboxylic acid groups (broad SMARTS) is 1. The lowest BCUT2D eigenvalue weighted by atomic mass is 10.2. The number of nitrogens with zero attached hydrogens (tertiary/aromatic N) is 3. The number of para-hydroxylation sites is 2. The van der Waals surface area contributed by atoms with Crippen molar-refractivity contribution in [1.82, 2.24) is 14.5 Å². The minimum absolute atomic E-state index is 0.141. The second-order valence-corrected chi connectivity index (χ2v) is 6.73. The number of aromatic nitrogens is 2. The van der Waals surface area contributed by atoms with Crippen molar-refractivity contribution >= 4 is 17.0 Å². The van der Waals surface area contributed by atoms with Gasteiger partial charge in [-0.2, -0.15) is 0 Å². The van der Waals surface area contributed by atoms with E-state index < -0.39 is 5.97 Å². The van der Waals surface area contributed by atoms with Gasteiger partial charge in [-0.25, -0.2) is 4.98 Å². The molecule has 0 bridgehead atoms. The summed E-state index contributed by atoms with van der Waals surface area (Å²) in [6.07, 6.45) is 0. The number of imidazole rings is 1. The van der Waals surface area contributed by atoms with E-state index in [1.807, 2.05) is 48.5 Å². The van der Waals surface area contributed by atoms with E-state index in [1.165, 1.54) is 0 Å². The zero-order chi connectivity index (χ0) is 19.3. The van der Waals surface area contributed by atoms with Crippen LogP contribution in [0, 0.1) is 0 Å². The molecule has 28 heavy (non-hydrogen) atoms. The van der Waals surface area contributed by atoms with Crippen molar-refractivity contribution in [3.05, 3.63) is 48.5 Å². The number of morpholine rings is 1. The minimum Gasteiger partial charge on any atom is -0.492 e. The Labute approximate surface area is 163 Å². The van der Waals surface area contributed by atoms with Gasteiger partial charge in [0.25, 0.3) is 0 Å². The molecule has 7 heteroatoms. The van der Waals surface area contributed by atoms with E-state index in [2.05, 4.69) is 9.88 Å². The average molecular weight is 381 g/mol. The van der Waals surface area contributed by atoms with Gasteiger partial charge in [-0.05, 0) is 24.3 Å². The molecule has 7 nitrogen and oxygen atoms in total. The van der Waals surface area contributed by atoms with Crippen LogP contribution >= 0.6 is 0 Å². The fraction of sp³-hybridized carbons (Fsp3) is 0.333. The molecule has 0 saturated carbocycles. The SMILES string of the molecule is O=C(O)Cn1c(-c2cccc(OCCN3CCOCC3)c2)nc2ccccc21. The predicted octanol–water partition coefficient (Wildman–Crippen LogP) is 2.50. The first kappa shape index (κ1) is 18.5. The molecule has 1 aliphatic heterocycles. The van der Waals surface area contributed by atoms with E-state index in [0.29, 0.717) is 12.4 Å². The van der Waals surface area contributed by atoms with Crippen LogP contribution in [0.4, 0.5) is 0 Å². The lowest BCUT2D eigenvalue weighted by Gasteiger charge is -2.26. The van der Waals surface area contributed by atoms with Crippen molar-refractivity contribution in [2.75, 3.05) is 39.5 Å². The third-order valence-corrected chi connectivity index (χ3v) is 4.82. The predicted molar refractivity (Wildman–Crippen MR) is 106 cm³/mol. The fourth-order valence-corrected chi connectivity index (χ4v) is 3.43. The molecule has 4 rings (SSSR count). The van der Waals surface area contributed by atoms with E-state index in [1.54, 1.807) is 4.57 Å². The maximum atomic E-state index is 11.4. The second-order valence-electron chi connectivity index (χ2n) is 6.73. The lowest BCUT2D eigenvalue weighted by molar-refractivity contribution is -0.137. The highest BCUT2D eigenvalue weighted by Gasteiger charge is 2.15. The summed E-state index contributed by atoms with van der Waals surface area (Å²) in [5, 5.41) is 9.32. The number of hydrogen-bond donors (Lipinski definition) is 1. The van der Waals surface area contributed by atoms with E-state index in [-0.39, 0.29) is 6.54 Å². The molecule has 0 atom stereocenters. The molecule has 1 fully saturated rings. The van der Waals surface area contributed by atoms with Crippen molar-refractivity contribution < 1.29 is 19.4 Å². The molecule has 0 unspecified atom stereocenters. The summed E-state index contributed by atoms with van der Waals surface area (Å²) in [7, 11) is 0. The van der Waals surface area contributed by atoms with Crippen LogP contribution in [0.25, 0.3) is 22.4 Å². The Balaban J connectivity index is 1.54. The Hall–Kier alpha value is -2.90. The van der Waals surface area contributed by atoms with Crippen molar-refractivity contribution in [3.8, 4) is 17.1 Å². The average Bonchev–Trinajstić information content (AvgIpc) is 3.07. The summed E-state index contributed by atoms with van der Waals surface area (Å²) < 4.78 is 13.0. The van der Waals surface area contributed by atoms with Crippen LogP contribution in [0.3, 0.4) is 0 Å². The van der Waals surface area contributed by atoms with Crippen LogP contribution in [0.5, 0.6) is 5.75 Å². The van der Waals surface area contributed by atoms with Crippen LogP contribution in [-0.2, 0) is 16.1 Å². The molecular weight excluding hydrogens is 358 g/mol. The largest absolute Gasteiger partial charge is 0.492 e. The van der Waals surface area contributed by atoms with Gasteiger partial charge >= 0.3 is 5.97 Å². The number of rotatable bonds is 7. The van der Waals surface area contributed by atoms with Crippen molar-refractivity contribution in [3.63, 3.8) is 0 Å². The Bertz CT molecular complexity index is 963. The first-order valence-electron chi connectivity index (χ1n) is 9.41. The number of ether oxygens (including phenoxy) is 2. The highest BCUT2D eigenvalue weighted by molar-refractivity contribution is 5.83. The lowest BCUT2D eigenvalue weighted by Crippen LogP contribution is -2.38. The molecule has 146 valence electrons. The van der Waals surface area contributed by atoms with Crippen molar-refractivity contribution in [2.24, 2.45) is 0 Å². The van der Waals surface area contributed by atoms with Gasteiger partial charge in [0.05, 0.1) is 24.2 Å². The molecule has 0 spiro atoms. The first-order valence-corrected chi connectivity index (χ1v) is 9.41. The highest BCUT2D eigenvalue weighted by atomic mass is 16.5. The molecule has 1 aromatic heterocycles. The molecule has 1 saturated heterocycles. The highest BCUT2D eigenvalue weighted by Crippen LogP contribution is 2.27. The van der Waals surface area contributed by atoms with Crippen LogP contribution in [0.15, 0.2) is 48.5 Å². The van der Waals surface area contributed by atoms with Crippen LogP contribution in [0.1, 0.15) is 0 Å². The number of fused-ring (bicyclic) bond motifs is 1. The molecule has 1 aliphatic rings. The van der Waals surface area contributed by atoms with E-state index in [0.717, 1.165) is 55.2 Å². The summed E-state index contributed by atoms with van der Waals surface area (Å²) in [4.78, 5) is 18.3. The summed E-state index contributed by atoms with van der Waals surface area (Å²) in [6, 6.07) is 15.2. The van der Waals surface area contributed by atoms with Gasteiger partial charge in [0.1, 0.15) is 24.7 Å². The van der Waals surface area contributed by atoms with E-state index in [4.69, 9.17) is 9.47 Å². The van der Waals surface area contributed by atoms with Gasteiger partial charge in [0, 0.05) is 25.2 Å². The van der Waals surface area contributed by atoms with Crippen LogP contribution in [-0.4, -0.2) is 65.0 Å². The fourth-order valence-electron chi connectivity index (χ4n) is 3.43. The summed E-state index contributed by atoms with van der Waals surface area (Å²) in [5.41, 5.74) is 2.41. The molecule has 0 aliphatic carbocycles. The quantitative estimate of drug-likeness (QED) is 0.678. The number of carbonyl (C=O) groups is 1. The molecule has 2 aromatic carbocycles. The maximum Gasteiger partial charge on any atom is 0.323 e. The minimum atomic E-state index is -0.901. The van der Waals surface area contributed by atoms with Crippen LogP contribution < -0.4 is 4.74 Å². The molecule has 0 radical (unpaired) electrons. The normalized spacial score (nSPS) is 15.0. The molecule has 3 aromatic rings. The zero-order valence-corrected chi connectivity index (χ0v) is 15.6. The number of carboxylic acids is 1. The third kappa shape index (κ3) is 4.16. The van der Waals surface area contributed by atoms with Gasteiger partial charge in [-0.15, -0.1) is 0 Å². The summed E-state index contributed by atoms with van der Waals surface area (Å²) in [6.45, 7) is 4.72. The monoisotopic (exact) mass is 381 g/mol. The van der Waals surface area contributed by atoms with Gasteiger partial charge in [0.2, 0.25) is 0 Å². The Morgan fingerprint density at radius 2 is 1.96 bits per heavy atom. The molecular formula is C21H23N3O4. The van der Waals surface area contributed by atoms with E-state index in [9.17, 15) is 9.90 Å². The van der Waals surface area contributed by atoms with Crippen LogP contribution in [0.2, 0.25) is 0 Å². The van der Waals surface area contributed by atoms with Crippen molar-refractivity contribution in [2.45, 2.75) is 6.54 Å². The van der Waals surface area contributed by atoms with Gasteiger partial charge < -0.3 is 19.1 Å². The topological polar surface area (TPSA) is 76.8 Å². The summed E-state index contributed by atoms with van der Waals surface area (Å²) >= 11 is 0. The van der Waals surface area contributed by atoms with E-state index >= 15 is 0 Å². The Kier molecular flexibility index (Phi) is 5.55. The van der Waals surface area contributed by atoms with Gasteiger partial charge in [-0.1, -0.05) is 24.3 Å². The smallest absolute Gasteiger partial charge is 0.323 e. The van der Waals surface area contributed by atoms with Gasteiger partial charge in [0.15, 0.2) is 0 Å². The maximum absolute atomic E-state index is 11.4. The zero-order valence-electron chi connectivity index (χ0n) is 15.6. The Morgan fingerprint density at radius 1 is 1.14 bits per heavy atom. The number of aliphatic carboxylic acids is 1. The Morgan fingerprint density at radius 3 is 2.79 bits per heavy atom. The van der Waals surface area contributed by atoms with Gasteiger partial charge in [-0.3, -0.25) is 9.69 Å². The molecule has 0 amide bonds. The molecule has 1 N–H and O–H groups in total. The second kappa shape index (κ2) is 8.41. The number of benzene rings is 2. The standard InChI is InChI=1S/C21H23N3O4/c25-20(26)15-24-19-7-2-1-6-18(19)22-21(24)16-4-3-5-17(14-16)28-13-10-23-8-11-27-12-9-23/h1-7,14H,8-13,15H2,(H,25,26). The van der Waals surface area contributed by atoms with Crippen molar-refractivity contribution in [1.29, 1.82) is 0 Å².